The Morgan fingerprint density at radius 1 is 0.794 bits per heavy atom. The Kier molecular flexibility index (Phi) is 8.23. The first-order valence-electron chi connectivity index (χ1n) is 10.7. The molecule has 3 aromatic rings. The fourth-order valence-corrected chi connectivity index (χ4v) is 3.38. The van der Waals surface area contributed by atoms with Crippen LogP contribution >= 0.6 is 0 Å². The van der Waals surface area contributed by atoms with Crippen molar-refractivity contribution in [2.75, 3.05) is 7.11 Å². The zero-order chi connectivity index (χ0) is 24.5. The summed E-state index contributed by atoms with van der Waals surface area (Å²) in [7, 11) is 1.52. The highest BCUT2D eigenvalue weighted by Gasteiger charge is 2.27. The number of phenols is 1. The second kappa shape index (κ2) is 11.5. The van der Waals surface area contributed by atoms with Gasteiger partial charge in [0.1, 0.15) is 23.6 Å². The molecule has 3 aromatic carbocycles. The molecular weight excluding hydrogens is 436 g/mol. The van der Waals surface area contributed by atoms with Crippen LogP contribution in [0, 0.1) is 0 Å². The van der Waals surface area contributed by atoms with Gasteiger partial charge in [-0.3, -0.25) is 9.59 Å². The SMILES string of the molecule is COc1ccc(C(=O)N[C@@H](Cc2ccccc2)C(=O)N[C@@H](Cc2ccc(O)cc2)C(=O)O)cc1. The Morgan fingerprint density at radius 3 is 1.97 bits per heavy atom. The minimum atomic E-state index is -1.21. The number of carboxylic acid groups (broad SMARTS) is 1. The largest absolute Gasteiger partial charge is 0.508 e. The molecule has 0 saturated heterocycles. The summed E-state index contributed by atoms with van der Waals surface area (Å²) in [6, 6.07) is 19.4. The summed E-state index contributed by atoms with van der Waals surface area (Å²) in [6.07, 6.45) is 0.200. The molecule has 0 aliphatic heterocycles. The van der Waals surface area contributed by atoms with Crippen molar-refractivity contribution in [3.8, 4) is 11.5 Å². The number of benzene rings is 3. The van der Waals surface area contributed by atoms with Crippen LogP contribution in [0.5, 0.6) is 11.5 Å². The molecule has 0 aliphatic rings. The monoisotopic (exact) mass is 462 g/mol. The van der Waals surface area contributed by atoms with E-state index in [9.17, 15) is 24.6 Å². The number of nitrogens with one attached hydrogen (secondary N) is 2. The molecule has 0 radical (unpaired) electrons. The summed E-state index contributed by atoms with van der Waals surface area (Å²) < 4.78 is 5.10. The average Bonchev–Trinajstić information content (AvgIpc) is 2.85. The van der Waals surface area contributed by atoms with E-state index in [1.54, 1.807) is 36.4 Å². The number of ether oxygens (including phenoxy) is 1. The Hall–Kier alpha value is -4.33. The predicted molar refractivity (Wildman–Crippen MR) is 126 cm³/mol. The fraction of sp³-hybridized carbons (Fsp3) is 0.192. The molecule has 4 N–H and O–H groups in total. The lowest BCUT2D eigenvalue weighted by Crippen LogP contribution is -2.53. The Balaban J connectivity index is 1.77. The number of carboxylic acids is 1. The van der Waals surface area contributed by atoms with E-state index in [4.69, 9.17) is 4.74 Å². The summed E-state index contributed by atoms with van der Waals surface area (Å²) in [5, 5.41) is 24.3. The first-order valence-corrected chi connectivity index (χ1v) is 10.7. The van der Waals surface area contributed by atoms with E-state index in [0.717, 1.165) is 5.56 Å². The molecule has 2 amide bonds. The van der Waals surface area contributed by atoms with Crippen LogP contribution in [0.1, 0.15) is 21.5 Å². The molecule has 0 unspecified atom stereocenters. The van der Waals surface area contributed by atoms with E-state index >= 15 is 0 Å². The highest BCUT2D eigenvalue weighted by molar-refractivity contribution is 5.98. The van der Waals surface area contributed by atoms with Crippen molar-refractivity contribution >= 4 is 17.8 Å². The summed E-state index contributed by atoms with van der Waals surface area (Å²) >= 11 is 0. The lowest BCUT2D eigenvalue weighted by atomic mass is 10.0. The van der Waals surface area contributed by atoms with Gasteiger partial charge in [0.15, 0.2) is 0 Å². The zero-order valence-corrected chi connectivity index (χ0v) is 18.6. The molecule has 0 spiro atoms. The summed E-state index contributed by atoms with van der Waals surface area (Å²) in [5.41, 5.74) is 1.78. The molecule has 8 nitrogen and oxygen atoms in total. The normalized spacial score (nSPS) is 12.3. The van der Waals surface area contributed by atoms with Gasteiger partial charge in [0.2, 0.25) is 5.91 Å². The van der Waals surface area contributed by atoms with Gasteiger partial charge in [-0.2, -0.15) is 0 Å². The van der Waals surface area contributed by atoms with Gasteiger partial charge in [-0.15, -0.1) is 0 Å². The number of aliphatic carboxylic acids is 1. The Morgan fingerprint density at radius 2 is 1.38 bits per heavy atom. The summed E-state index contributed by atoms with van der Waals surface area (Å²) in [4.78, 5) is 37.8. The molecule has 0 fully saturated rings. The van der Waals surface area contributed by atoms with Crippen molar-refractivity contribution in [1.29, 1.82) is 0 Å². The standard InChI is InChI=1S/C26H26N2O6/c1-34-21-13-9-19(10-14-21)24(30)27-22(15-17-5-3-2-4-6-17)25(31)28-23(26(32)33)16-18-7-11-20(29)12-8-18/h2-14,22-23,29H,15-16H2,1H3,(H,27,30)(H,28,31)(H,32,33)/t22-,23-/m0/s1. The van der Waals surface area contributed by atoms with Crippen LogP contribution in [-0.2, 0) is 22.4 Å². The molecule has 0 saturated carbocycles. The van der Waals surface area contributed by atoms with Gasteiger partial charge in [-0.1, -0.05) is 42.5 Å². The van der Waals surface area contributed by atoms with Crippen LogP contribution in [0.3, 0.4) is 0 Å². The van der Waals surface area contributed by atoms with Crippen molar-refractivity contribution in [2.45, 2.75) is 24.9 Å². The highest BCUT2D eigenvalue weighted by Crippen LogP contribution is 2.14. The van der Waals surface area contributed by atoms with Gasteiger partial charge in [-0.05, 0) is 47.5 Å². The Labute approximate surface area is 197 Å². The van der Waals surface area contributed by atoms with Crippen molar-refractivity contribution in [2.24, 2.45) is 0 Å². The predicted octanol–water partition coefficient (Wildman–Crippen LogP) is 2.55. The van der Waals surface area contributed by atoms with E-state index in [1.165, 1.54) is 19.2 Å². The molecule has 176 valence electrons. The maximum Gasteiger partial charge on any atom is 0.326 e. The molecule has 2 atom stereocenters. The molecule has 0 aromatic heterocycles. The molecule has 8 heteroatoms. The molecule has 0 heterocycles. The minimum Gasteiger partial charge on any atom is -0.508 e. The van der Waals surface area contributed by atoms with Gasteiger partial charge < -0.3 is 25.6 Å². The molecule has 3 rings (SSSR count). The van der Waals surface area contributed by atoms with E-state index in [-0.39, 0.29) is 18.6 Å². The average molecular weight is 463 g/mol. The summed E-state index contributed by atoms with van der Waals surface area (Å²) in [5.74, 6) is -1.64. The quantitative estimate of drug-likeness (QED) is 0.367. The van der Waals surface area contributed by atoms with Gasteiger partial charge in [0.25, 0.3) is 5.91 Å². The lowest BCUT2D eigenvalue weighted by molar-refractivity contribution is -0.142. The topological polar surface area (TPSA) is 125 Å². The number of hydrogen-bond acceptors (Lipinski definition) is 5. The highest BCUT2D eigenvalue weighted by atomic mass is 16.5. The lowest BCUT2D eigenvalue weighted by Gasteiger charge is -2.22. The van der Waals surface area contributed by atoms with Crippen LogP contribution in [0.25, 0.3) is 0 Å². The second-order valence-electron chi connectivity index (χ2n) is 7.71. The van der Waals surface area contributed by atoms with Crippen molar-refractivity contribution in [3.63, 3.8) is 0 Å². The minimum absolute atomic E-state index is 0.0197. The van der Waals surface area contributed by atoms with E-state index in [0.29, 0.717) is 16.9 Å². The van der Waals surface area contributed by atoms with Crippen molar-refractivity contribution in [1.82, 2.24) is 10.6 Å². The number of rotatable bonds is 10. The van der Waals surface area contributed by atoms with Crippen molar-refractivity contribution in [3.05, 3.63) is 95.6 Å². The number of methoxy groups -OCH3 is 1. The zero-order valence-electron chi connectivity index (χ0n) is 18.6. The number of amides is 2. The Bertz CT molecular complexity index is 1110. The van der Waals surface area contributed by atoms with Gasteiger partial charge in [0, 0.05) is 18.4 Å². The first kappa shape index (κ1) is 24.3. The van der Waals surface area contributed by atoms with Crippen molar-refractivity contribution < 1.29 is 29.3 Å². The van der Waals surface area contributed by atoms with E-state index in [2.05, 4.69) is 10.6 Å². The first-order chi connectivity index (χ1) is 16.4. The molecule has 0 bridgehead atoms. The number of carbonyl (C=O) groups is 3. The maximum absolute atomic E-state index is 13.1. The fourth-order valence-electron chi connectivity index (χ4n) is 3.38. The molecule has 34 heavy (non-hydrogen) atoms. The van der Waals surface area contributed by atoms with Gasteiger partial charge >= 0.3 is 5.97 Å². The third-order valence-electron chi connectivity index (χ3n) is 5.25. The number of phenolic OH excluding ortho intramolecular Hbond substituents is 1. The summed E-state index contributed by atoms with van der Waals surface area (Å²) in [6.45, 7) is 0. The van der Waals surface area contributed by atoms with Crippen LogP contribution in [-0.4, -0.2) is 47.2 Å². The van der Waals surface area contributed by atoms with Gasteiger partial charge in [-0.25, -0.2) is 4.79 Å². The molecule has 0 aliphatic carbocycles. The second-order valence-corrected chi connectivity index (χ2v) is 7.71. The number of carbonyl (C=O) groups excluding carboxylic acids is 2. The third kappa shape index (κ3) is 6.83. The van der Waals surface area contributed by atoms with Crippen LogP contribution in [0.2, 0.25) is 0 Å². The van der Waals surface area contributed by atoms with Crippen LogP contribution in [0.4, 0.5) is 0 Å². The smallest absolute Gasteiger partial charge is 0.326 e. The van der Waals surface area contributed by atoms with Gasteiger partial charge in [0.05, 0.1) is 7.11 Å². The number of hydrogen-bond donors (Lipinski definition) is 4. The van der Waals surface area contributed by atoms with E-state index < -0.39 is 29.9 Å². The number of aromatic hydroxyl groups is 1. The molecular formula is C26H26N2O6. The maximum atomic E-state index is 13.1. The third-order valence-corrected chi connectivity index (χ3v) is 5.25. The van der Waals surface area contributed by atoms with Crippen LogP contribution in [0.15, 0.2) is 78.9 Å². The van der Waals surface area contributed by atoms with E-state index in [1.807, 2.05) is 30.3 Å². The van der Waals surface area contributed by atoms with Crippen LogP contribution < -0.4 is 15.4 Å².